The Morgan fingerprint density at radius 1 is 0.929 bits per heavy atom. The molecule has 78 valence electrons. The number of carboxylic acid groups (broad SMARTS) is 2. The molecule has 0 aliphatic carbocycles. The van der Waals surface area contributed by atoms with Crippen molar-refractivity contribution < 1.29 is 19.8 Å². The Labute approximate surface area is 82.9 Å². The van der Waals surface area contributed by atoms with Crippen LogP contribution in [0.2, 0.25) is 0 Å². The number of aliphatic carboxylic acids is 2. The first-order valence-corrected chi connectivity index (χ1v) is 3.97. The number of carboxylic acids is 2. The third-order valence-electron chi connectivity index (χ3n) is 1.04. The summed E-state index contributed by atoms with van der Waals surface area (Å²) in [6.45, 7) is 10.3. The van der Waals surface area contributed by atoms with E-state index in [1.165, 1.54) is 0 Å². The molecule has 0 heterocycles. The summed E-state index contributed by atoms with van der Waals surface area (Å²) in [6.07, 6.45) is 2.16. The van der Waals surface area contributed by atoms with E-state index >= 15 is 0 Å². The standard InChI is InChI=1S/C8H8O4.C2H6/c1-5(7(9)10)3-4-6(2)8(11)12;1-2/h3-4H,1-2H2,(H,9,10)(H,11,12);1-2H3/b4-3-;. The van der Waals surface area contributed by atoms with Crippen molar-refractivity contribution in [1.29, 1.82) is 0 Å². The van der Waals surface area contributed by atoms with Gasteiger partial charge >= 0.3 is 11.9 Å². The van der Waals surface area contributed by atoms with Crippen LogP contribution in [-0.2, 0) is 9.59 Å². The van der Waals surface area contributed by atoms with Gasteiger partial charge in [0.2, 0.25) is 0 Å². The SMILES string of the molecule is C=C(/C=C\C(=C)C(=O)O)C(=O)O.CC. The highest BCUT2D eigenvalue weighted by atomic mass is 16.4. The average molecular weight is 198 g/mol. The van der Waals surface area contributed by atoms with Crippen molar-refractivity contribution in [2.24, 2.45) is 0 Å². The lowest BCUT2D eigenvalue weighted by Gasteiger charge is -1.90. The molecule has 0 radical (unpaired) electrons. The van der Waals surface area contributed by atoms with Gasteiger partial charge in [0, 0.05) is 0 Å². The molecule has 0 spiro atoms. The molecule has 0 unspecified atom stereocenters. The van der Waals surface area contributed by atoms with Crippen molar-refractivity contribution in [3.05, 3.63) is 36.5 Å². The molecule has 4 nitrogen and oxygen atoms in total. The molecule has 0 aromatic carbocycles. The molecule has 0 aromatic rings. The second-order valence-electron chi connectivity index (χ2n) is 1.99. The molecular formula is C10H14O4. The molecule has 4 heteroatoms. The Kier molecular flexibility index (Phi) is 8.16. The van der Waals surface area contributed by atoms with Crippen molar-refractivity contribution in [1.82, 2.24) is 0 Å². The summed E-state index contributed by atoms with van der Waals surface area (Å²) in [7, 11) is 0. The third kappa shape index (κ3) is 6.84. The highest BCUT2D eigenvalue weighted by Crippen LogP contribution is 1.98. The topological polar surface area (TPSA) is 74.6 Å². The van der Waals surface area contributed by atoms with Crippen LogP contribution in [0.4, 0.5) is 0 Å². The zero-order valence-electron chi connectivity index (χ0n) is 8.28. The van der Waals surface area contributed by atoms with Gasteiger partial charge < -0.3 is 10.2 Å². The highest BCUT2D eigenvalue weighted by molar-refractivity contribution is 5.92. The van der Waals surface area contributed by atoms with Crippen molar-refractivity contribution in [2.45, 2.75) is 13.8 Å². The smallest absolute Gasteiger partial charge is 0.335 e. The van der Waals surface area contributed by atoms with Gasteiger partial charge in [-0.15, -0.1) is 0 Å². The molecule has 14 heavy (non-hydrogen) atoms. The largest absolute Gasteiger partial charge is 0.478 e. The molecular weight excluding hydrogens is 184 g/mol. The van der Waals surface area contributed by atoms with E-state index in [9.17, 15) is 9.59 Å². The lowest BCUT2D eigenvalue weighted by atomic mass is 10.2. The van der Waals surface area contributed by atoms with Gasteiger partial charge in [0.05, 0.1) is 11.1 Å². The number of hydrogen-bond acceptors (Lipinski definition) is 2. The first-order valence-electron chi connectivity index (χ1n) is 3.97. The first-order chi connectivity index (χ1) is 6.45. The molecule has 0 aromatic heterocycles. The van der Waals surface area contributed by atoms with Gasteiger partial charge in [0.1, 0.15) is 0 Å². The summed E-state index contributed by atoms with van der Waals surface area (Å²) in [5.41, 5.74) is -0.366. The molecule has 0 atom stereocenters. The van der Waals surface area contributed by atoms with Gasteiger partial charge in [-0.2, -0.15) is 0 Å². The maximum atomic E-state index is 10.2. The van der Waals surface area contributed by atoms with Crippen molar-refractivity contribution in [2.75, 3.05) is 0 Å². The zero-order chi connectivity index (χ0) is 11.7. The minimum atomic E-state index is -1.19. The Morgan fingerprint density at radius 2 is 1.14 bits per heavy atom. The summed E-state index contributed by atoms with van der Waals surface area (Å²) in [5.74, 6) is -2.38. The fraction of sp³-hybridized carbons (Fsp3) is 0.200. The maximum absolute atomic E-state index is 10.2. The number of rotatable bonds is 4. The van der Waals surface area contributed by atoms with E-state index in [1.807, 2.05) is 13.8 Å². The Hall–Kier alpha value is -1.84. The molecule has 0 aliphatic heterocycles. The predicted molar refractivity (Wildman–Crippen MR) is 54.0 cm³/mol. The Balaban J connectivity index is 0. The van der Waals surface area contributed by atoms with Gasteiger partial charge in [-0.25, -0.2) is 9.59 Å². The third-order valence-corrected chi connectivity index (χ3v) is 1.04. The maximum Gasteiger partial charge on any atom is 0.335 e. The van der Waals surface area contributed by atoms with E-state index in [1.54, 1.807) is 0 Å². The zero-order valence-corrected chi connectivity index (χ0v) is 8.28. The monoisotopic (exact) mass is 198 g/mol. The van der Waals surface area contributed by atoms with E-state index in [0.29, 0.717) is 0 Å². The van der Waals surface area contributed by atoms with E-state index in [0.717, 1.165) is 12.2 Å². The van der Waals surface area contributed by atoms with Crippen molar-refractivity contribution >= 4 is 11.9 Å². The van der Waals surface area contributed by atoms with Crippen LogP contribution >= 0.6 is 0 Å². The van der Waals surface area contributed by atoms with Gasteiger partial charge in [-0.3, -0.25) is 0 Å². The van der Waals surface area contributed by atoms with E-state index in [4.69, 9.17) is 10.2 Å². The van der Waals surface area contributed by atoms with Crippen LogP contribution in [0.5, 0.6) is 0 Å². The normalized spacial score (nSPS) is 8.71. The average Bonchev–Trinajstić information content (AvgIpc) is 2.16. The molecule has 0 amide bonds. The minimum Gasteiger partial charge on any atom is -0.478 e. The van der Waals surface area contributed by atoms with Gasteiger partial charge in [0.25, 0.3) is 0 Å². The Morgan fingerprint density at radius 3 is 1.29 bits per heavy atom. The highest BCUT2D eigenvalue weighted by Gasteiger charge is 2.01. The molecule has 0 bridgehead atoms. The first kappa shape index (κ1) is 14.7. The lowest BCUT2D eigenvalue weighted by molar-refractivity contribution is -0.133. The van der Waals surface area contributed by atoms with Crippen molar-refractivity contribution in [3.8, 4) is 0 Å². The van der Waals surface area contributed by atoms with E-state index < -0.39 is 11.9 Å². The Bertz CT molecular complexity index is 246. The van der Waals surface area contributed by atoms with Crippen LogP contribution in [0.25, 0.3) is 0 Å². The summed E-state index contributed by atoms with van der Waals surface area (Å²) >= 11 is 0. The van der Waals surface area contributed by atoms with E-state index in [2.05, 4.69) is 13.2 Å². The molecule has 0 saturated heterocycles. The van der Waals surface area contributed by atoms with Crippen LogP contribution in [0, 0.1) is 0 Å². The van der Waals surface area contributed by atoms with Crippen LogP contribution in [0.3, 0.4) is 0 Å². The lowest BCUT2D eigenvalue weighted by Crippen LogP contribution is -1.98. The molecule has 2 N–H and O–H groups in total. The van der Waals surface area contributed by atoms with Crippen molar-refractivity contribution in [3.63, 3.8) is 0 Å². The molecule has 0 aliphatic rings. The summed E-state index contributed by atoms with van der Waals surface area (Å²) < 4.78 is 0. The van der Waals surface area contributed by atoms with E-state index in [-0.39, 0.29) is 11.1 Å². The fourth-order valence-electron chi connectivity index (χ4n) is 0.344. The molecule has 0 rings (SSSR count). The molecule has 0 saturated carbocycles. The summed E-state index contributed by atoms with van der Waals surface area (Å²) in [5, 5.41) is 16.6. The number of carbonyl (C=O) groups is 2. The van der Waals surface area contributed by atoms with Gasteiger partial charge in [0.15, 0.2) is 0 Å². The summed E-state index contributed by atoms with van der Waals surface area (Å²) in [6, 6.07) is 0. The quantitative estimate of drug-likeness (QED) is 0.534. The molecule has 0 fully saturated rings. The predicted octanol–water partition coefficient (Wildman–Crippen LogP) is 1.85. The van der Waals surface area contributed by atoms with Gasteiger partial charge in [-0.1, -0.05) is 27.0 Å². The van der Waals surface area contributed by atoms with Crippen LogP contribution < -0.4 is 0 Å². The van der Waals surface area contributed by atoms with Gasteiger partial charge in [-0.05, 0) is 12.2 Å². The van der Waals surface area contributed by atoms with Crippen LogP contribution in [0.15, 0.2) is 36.5 Å². The van der Waals surface area contributed by atoms with Crippen LogP contribution in [0.1, 0.15) is 13.8 Å². The number of hydrogen-bond donors (Lipinski definition) is 2. The summed E-state index contributed by atoms with van der Waals surface area (Å²) in [4.78, 5) is 20.3. The fourth-order valence-corrected chi connectivity index (χ4v) is 0.344. The second kappa shape index (κ2) is 7.79. The van der Waals surface area contributed by atoms with Crippen LogP contribution in [-0.4, -0.2) is 22.2 Å². The minimum absolute atomic E-state index is 0.183. The second-order valence-corrected chi connectivity index (χ2v) is 1.99.